The van der Waals surface area contributed by atoms with E-state index in [1.165, 1.54) is 12.3 Å². The van der Waals surface area contributed by atoms with Crippen LogP contribution in [0.4, 0.5) is 19.1 Å². The summed E-state index contributed by atoms with van der Waals surface area (Å²) in [6, 6.07) is 1.20. The van der Waals surface area contributed by atoms with Crippen molar-refractivity contribution in [3.05, 3.63) is 12.3 Å². The molecule has 72 valence electrons. The fraction of sp³-hybridized carbons (Fsp3) is 0.333. The zero-order valence-electron chi connectivity index (χ0n) is 6.38. The predicted octanol–water partition coefficient (Wildman–Crippen LogP) is 1.000. The zero-order chi connectivity index (χ0) is 9.90. The number of hydrogen-bond acceptors (Lipinski definition) is 4. The third kappa shape index (κ3) is 3.59. The van der Waals surface area contributed by atoms with E-state index in [0.29, 0.717) is 0 Å². The van der Waals surface area contributed by atoms with Crippen molar-refractivity contribution in [2.45, 2.75) is 6.18 Å². The highest BCUT2D eigenvalue weighted by Gasteiger charge is 2.28. The molecule has 0 aliphatic rings. The maximum Gasteiger partial charge on any atom is 0.422 e. The van der Waals surface area contributed by atoms with Crippen LogP contribution >= 0.6 is 0 Å². The van der Waals surface area contributed by atoms with Crippen LogP contribution in [0.5, 0.6) is 5.88 Å². The summed E-state index contributed by atoms with van der Waals surface area (Å²) in [7, 11) is 0. The lowest BCUT2D eigenvalue weighted by Crippen LogP contribution is -2.19. The van der Waals surface area contributed by atoms with E-state index in [0.717, 1.165) is 0 Å². The van der Waals surface area contributed by atoms with Gasteiger partial charge < -0.3 is 10.5 Å². The highest BCUT2D eigenvalue weighted by atomic mass is 19.4. The number of halogens is 3. The molecule has 0 aromatic carbocycles. The molecule has 0 aliphatic heterocycles. The summed E-state index contributed by atoms with van der Waals surface area (Å²) in [5, 5.41) is 0. The van der Waals surface area contributed by atoms with Gasteiger partial charge in [-0.15, -0.1) is 0 Å². The number of rotatable bonds is 2. The lowest BCUT2D eigenvalue weighted by Gasteiger charge is -2.07. The van der Waals surface area contributed by atoms with Gasteiger partial charge in [-0.25, -0.2) is 4.98 Å². The maximum absolute atomic E-state index is 11.6. The Morgan fingerprint density at radius 2 is 2.15 bits per heavy atom. The number of nitrogen functional groups attached to an aromatic ring is 1. The summed E-state index contributed by atoms with van der Waals surface area (Å²) in [5.41, 5.74) is 5.11. The van der Waals surface area contributed by atoms with Crippen LogP contribution in [0.15, 0.2) is 12.3 Å². The standard InChI is InChI=1S/C6H6F3N3O/c7-6(8,9)3-13-4-1-2-11-5(10)12-4/h1-2H,3H2,(H2,10,11,12). The van der Waals surface area contributed by atoms with Crippen LogP contribution in [0.2, 0.25) is 0 Å². The number of alkyl halides is 3. The minimum absolute atomic E-state index is 0.125. The molecule has 1 aromatic rings. The first kappa shape index (κ1) is 9.56. The molecule has 7 heteroatoms. The van der Waals surface area contributed by atoms with Crippen molar-refractivity contribution in [2.75, 3.05) is 12.3 Å². The molecule has 1 aromatic heterocycles. The molecule has 4 nitrogen and oxygen atoms in total. The van der Waals surface area contributed by atoms with Crippen LogP contribution in [0.3, 0.4) is 0 Å². The molecule has 13 heavy (non-hydrogen) atoms. The molecule has 0 atom stereocenters. The van der Waals surface area contributed by atoms with Gasteiger partial charge >= 0.3 is 6.18 Å². The van der Waals surface area contributed by atoms with Crippen molar-refractivity contribution < 1.29 is 17.9 Å². The first-order valence-electron chi connectivity index (χ1n) is 3.25. The van der Waals surface area contributed by atoms with E-state index in [-0.39, 0.29) is 11.8 Å². The Kier molecular flexibility index (Phi) is 2.54. The van der Waals surface area contributed by atoms with Crippen molar-refractivity contribution >= 4 is 5.95 Å². The fourth-order valence-corrected chi connectivity index (χ4v) is 0.593. The van der Waals surface area contributed by atoms with Crippen molar-refractivity contribution in [1.29, 1.82) is 0 Å². The third-order valence-corrected chi connectivity index (χ3v) is 1.03. The minimum atomic E-state index is -4.38. The molecule has 1 heterocycles. The summed E-state index contributed by atoms with van der Waals surface area (Å²) >= 11 is 0. The van der Waals surface area contributed by atoms with Crippen molar-refractivity contribution in [2.24, 2.45) is 0 Å². The van der Waals surface area contributed by atoms with E-state index in [9.17, 15) is 13.2 Å². The highest BCUT2D eigenvalue weighted by Crippen LogP contribution is 2.16. The fourth-order valence-electron chi connectivity index (χ4n) is 0.593. The molecule has 0 unspecified atom stereocenters. The maximum atomic E-state index is 11.6. The van der Waals surface area contributed by atoms with Crippen molar-refractivity contribution in [3.8, 4) is 5.88 Å². The van der Waals surface area contributed by atoms with Crippen LogP contribution in [-0.2, 0) is 0 Å². The van der Waals surface area contributed by atoms with Crippen LogP contribution in [-0.4, -0.2) is 22.8 Å². The van der Waals surface area contributed by atoms with Gasteiger partial charge in [0.1, 0.15) is 0 Å². The Morgan fingerprint density at radius 3 is 2.69 bits per heavy atom. The Balaban J connectivity index is 2.55. The van der Waals surface area contributed by atoms with Gasteiger partial charge in [-0.3, -0.25) is 0 Å². The van der Waals surface area contributed by atoms with E-state index in [4.69, 9.17) is 5.73 Å². The Hall–Kier alpha value is -1.53. The van der Waals surface area contributed by atoms with E-state index in [2.05, 4.69) is 14.7 Å². The zero-order valence-corrected chi connectivity index (χ0v) is 6.38. The molecule has 0 radical (unpaired) electrons. The molecule has 0 bridgehead atoms. The van der Waals surface area contributed by atoms with Crippen LogP contribution in [0, 0.1) is 0 Å². The topological polar surface area (TPSA) is 61.0 Å². The van der Waals surface area contributed by atoms with Gasteiger partial charge in [0.25, 0.3) is 0 Å². The number of nitrogens with zero attached hydrogens (tertiary/aromatic N) is 2. The van der Waals surface area contributed by atoms with Gasteiger partial charge in [0.05, 0.1) is 0 Å². The smallest absolute Gasteiger partial charge is 0.422 e. The molecule has 0 saturated carbocycles. The number of hydrogen-bond donors (Lipinski definition) is 1. The van der Waals surface area contributed by atoms with Crippen molar-refractivity contribution in [1.82, 2.24) is 9.97 Å². The SMILES string of the molecule is Nc1nccc(OCC(F)(F)F)n1. The average molecular weight is 193 g/mol. The quantitative estimate of drug-likeness (QED) is 0.761. The Labute approximate surface area is 71.6 Å². The molecule has 1 rings (SSSR count). The number of anilines is 1. The largest absolute Gasteiger partial charge is 0.468 e. The highest BCUT2D eigenvalue weighted by molar-refractivity contribution is 5.20. The third-order valence-electron chi connectivity index (χ3n) is 1.03. The second kappa shape index (κ2) is 3.46. The van der Waals surface area contributed by atoms with Crippen LogP contribution < -0.4 is 10.5 Å². The second-order valence-electron chi connectivity index (χ2n) is 2.16. The van der Waals surface area contributed by atoms with Gasteiger partial charge in [0, 0.05) is 12.3 Å². The van der Waals surface area contributed by atoms with Gasteiger partial charge in [0.15, 0.2) is 6.61 Å². The summed E-state index contributed by atoms with van der Waals surface area (Å²) in [6.45, 7) is -1.39. The summed E-state index contributed by atoms with van der Waals surface area (Å²) in [6.07, 6.45) is -3.16. The van der Waals surface area contributed by atoms with Crippen molar-refractivity contribution in [3.63, 3.8) is 0 Å². The van der Waals surface area contributed by atoms with E-state index in [1.54, 1.807) is 0 Å². The van der Waals surface area contributed by atoms with Gasteiger partial charge in [0.2, 0.25) is 11.8 Å². The van der Waals surface area contributed by atoms with E-state index in [1.807, 2.05) is 0 Å². The molecule has 2 N–H and O–H groups in total. The second-order valence-corrected chi connectivity index (χ2v) is 2.16. The summed E-state index contributed by atoms with van der Waals surface area (Å²) < 4.78 is 39.2. The molecular weight excluding hydrogens is 187 g/mol. The summed E-state index contributed by atoms with van der Waals surface area (Å²) in [5.74, 6) is -0.315. The first-order chi connectivity index (χ1) is 5.97. The minimum Gasteiger partial charge on any atom is -0.468 e. The lowest BCUT2D eigenvalue weighted by molar-refractivity contribution is -0.154. The van der Waals surface area contributed by atoms with E-state index < -0.39 is 12.8 Å². The average Bonchev–Trinajstić information content (AvgIpc) is 2.00. The van der Waals surface area contributed by atoms with Crippen LogP contribution in [0.1, 0.15) is 0 Å². The number of ether oxygens (including phenoxy) is 1. The Bertz CT molecular complexity index is 289. The van der Waals surface area contributed by atoms with E-state index >= 15 is 0 Å². The van der Waals surface area contributed by atoms with Gasteiger partial charge in [-0.05, 0) is 0 Å². The van der Waals surface area contributed by atoms with Gasteiger partial charge in [-0.2, -0.15) is 18.2 Å². The lowest BCUT2D eigenvalue weighted by atomic mass is 10.6. The Morgan fingerprint density at radius 1 is 1.46 bits per heavy atom. The molecule has 0 aliphatic carbocycles. The predicted molar refractivity (Wildman–Crippen MR) is 38.0 cm³/mol. The number of aromatic nitrogens is 2. The monoisotopic (exact) mass is 193 g/mol. The van der Waals surface area contributed by atoms with Gasteiger partial charge in [-0.1, -0.05) is 0 Å². The van der Waals surface area contributed by atoms with Crippen LogP contribution in [0.25, 0.3) is 0 Å². The first-order valence-corrected chi connectivity index (χ1v) is 3.25. The summed E-state index contributed by atoms with van der Waals surface area (Å²) in [4.78, 5) is 6.91. The number of nitrogens with two attached hydrogens (primary N) is 1. The molecule has 0 amide bonds. The molecule has 0 spiro atoms. The molecule has 0 fully saturated rings. The molecule has 0 saturated heterocycles. The normalized spacial score (nSPS) is 11.3. The molecular formula is C6H6F3N3O.